The molecule has 3 aliphatic rings. The van der Waals surface area contributed by atoms with E-state index in [1.807, 2.05) is 0 Å². The molecular weight excluding hydrogens is 1820 g/mol. The minimum Gasteiger partial charge on any atom is -0.426 e. The highest BCUT2D eigenvalue weighted by atomic mass is 31.2. The standard InChI is InChI=1S/C64H94O6P2.C61H90O6P2/c1-56(2,3)40-30-44(52(48(34-40)60(13,14)15)67-71-65-38-64(39-66-71)28-26-25-27-29-64)45-31-41(57(4,5)6)35-49(61(16,17)18)53(45)68-72-69-54-46(32-42(58(7,8)9)36-50(54)62(19,20)21)47-33-43(59(10,11)12)37-51(55(47)70-72)63(22,23)24;1-53(2,3)37-27-41(49(45(31-37)57(13,14)15)64-68-62-35-61(25,26)36-63-68)42-28-38(54(4,5)6)32-46(58(16,17)18)50(42)65-69-66-51-43(29-39(55(7,8)9)33-47(51)59(19,20)21)44-30-40(56(10,11)12)34-48(52(44)67-69)60(22,23)24/h30-37H,25-29,38-39H2,1-24H3;27-34H,35-36H2,1-26H3. The number of hydrogen-bond donors (Lipinski definition) is 0. The average Bonchev–Trinajstić information content (AvgIpc) is 1.26. The van der Waals surface area contributed by atoms with Crippen LogP contribution in [0.3, 0.4) is 0 Å². The molecule has 1 spiro atoms. The molecule has 3 fully saturated rings. The van der Waals surface area contributed by atoms with Crippen LogP contribution in [0.15, 0.2) is 114 Å². The lowest BCUT2D eigenvalue weighted by Crippen LogP contribution is -2.37. The van der Waals surface area contributed by atoms with Gasteiger partial charge in [0.05, 0.1) is 26.4 Å². The van der Waals surface area contributed by atoms with Gasteiger partial charge in [0, 0.05) is 99.1 Å². The van der Waals surface area contributed by atoms with Crippen LogP contribution >= 0.6 is 33.7 Å². The SMILES string of the molecule is CC(C)(C)c1cc(-c2cc(C(C)(C)C)cc(C(C)(C)C)c2Op2oc3c(C(C)(C)C)cc(C(C)(C)C)cc3c3cc(C(C)(C)C)cc(C(C)(C)C)c3o2)c(OP2OCC3(CCCCC3)CO2)c(C(C)(C)C)c1.CC1(C)COP(Oc2c(-c3cc(C(C)(C)C)cc(C(C)(C)C)c3Op3oc4c(C(C)(C)C)cc(C(C)(C)C)cc4c4cc(C(C)(C)C)cc(C(C)(C)C)c4o3)cc(C(C)(C)C)cc2C(C)(C)C)OC1. The van der Waals surface area contributed by atoms with E-state index in [4.69, 9.17) is 53.0 Å². The van der Waals surface area contributed by atoms with Gasteiger partial charge in [-0.3, -0.25) is 0 Å². The Morgan fingerprint density at radius 2 is 0.383 bits per heavy atom. The quantitative estimate of drug-likeness (QED) is 0.121. The fourth-order valence-electron chi connectivity index (χ4n) is 18.7. The Morgan fingerprint density at radius 3 is 0.574 bits per heavy atom. The highest BCUT2D eigenvalue weighted by Crippen LogP contribution is 2.62. The lowest BCUT2D eigenvalue weighted by molar-refractivity contribution is -0.00664. The van der Waals surface area contributed by atoms with Gasteiger partial charge in [-0.25, -0.2) is 0 Å². The molecule has 776 valence electrons. The largest absolute Gasteiger partial charge is 0.453 e. The first-order chi connectivity index (χ1) is 63.6. The molecule has 10 aromatic rings. The number of rotatable bonds is 10. The summed E-state index contributed by atoms with van der Waals surface area (Å²) in [5, 5.41) is 4.15. The van der Waals surface area contributed by atoms with Crippen LogP contribution in [0.25, 0.3) is 66.1 Å². The van der Waals surface area contributed by atoms with Crippen molar-refractivity contribution in [3.63, 3.8) is 0 Å². The Kier molecular flexibility index (Phi) is 30.9. The summed E-state index contributed by atoms with van der Waals surface area (Å²) in [7, 11) is -7.68. The highest BCUT2D eigenvalue weighted by molar-refractivity contribution is 7.42. The van der Waals surface area contributed by atoms with Crippen LogP contribution in [0.2, 0.25) is 0 Å². The monoisotopic (exact) mass is 2000 g/mol. The van der Waals surface area contributed by atoms with E-state index in [0.717, 1.165) is 141 Å². The number of fused-ring (bicyclic) bond motifs is 6. The summed E-state index contributed by atoms with van der Waals surface area (Å²) in [6, 6.07) is 37.6. The van der Waals surface area contributed by atoms with E-state index in [9.17, 15) is 0 Å². The van der Waals surface area contributed by atoms with Gasteiger partial charge in [0.1, 0.15) is 45.3 Å². The van der Waals surface area contributed by atoms with Crippen LogP contribution < -0.4 is 18.1 Å². The van der Waals surface area contributed by atoms with Crippen LogP contribution in [0, 0.1) is 10.8 Å². The Morgan fingerprint density at radius 1 is 0.206 bits per heavy atom. The van der Waals surface area contributed by atoms with Gasteiger partial charge < -0.3 is 53.0 Å². The number of benzene rings is 8. The predicted octanol–water partition coefficient (Wildman–Crippen LogP) is 40.6. The van der Waals surface area contributed by atoms with E-state index in [2.05, 4.69) is 443 Å². The van der Waals surface area contributed by atoms with Crippen molar-refractivity contribution in [2.24, 2.45) is 10.8 Å². The lowest BCUT2D eigenvalue weighted by Gasteiger charge is -2.41. The van der Waals surface area contributed by atoms with E-state index in [1.165, 1.54) is 63.8 Å². The van der Waals surface area contributed by atoms with Gasteiger partial charge in [-0.1, -0.05) is 414 Å². The minimum absolute atomic E-state index is 0.0658. The molecule has 0 radical (unpaired) electrons. The van der Waals surface area contributed by atoms with Crippen LogP contribution in [0.1, 0.15) is 467 Å². The zero-order valence-electron chi connectivity index (χ0n) is 97.3. The topological polar surface area (TPSA) is 126 Å². The van der Waals surface area contributed by atoms with Crippen molar-refractivity contribution in [3.8, 4) is 45.3 Å². The summed E-state index contributed by atoms with van der Waals surface area (Å²) in [5.41, 5.74) is 21.9. The third kappa shape index (κ3) is 25.7. The van der Waals surface area contributed by atoms with Crippen molar-refractivity contribution in [2.45, 2.75) is 465 Å². The molecule has 12 nitrogen and oxygen atoms in total. The maximum Gasteiger partial charge on any atom is 0.453 e. The van der Waals surface area contributed by atoms with Crippen molar-refractivity contribution in [3.05, 3.63) is 186 Å². The van der Waals surface area contributed by atoms with Gasteiger partial charge in [0.2, 0.25) is 0 Å². The van der Waals surface area contributed by atoms with E-state index in [-0.39, 0.29) is 97.5 Å². The molecule has 16 heteroatoms. The molecule has 141 heavy (non-hydrogen) atoms. The molecule has 0 amide bonds. The highest BCUT2D eigenvalue weighted by Gasteiger charge is 2.45. The van der Waals surface area contributed by atoms with E-state index in [1.54, 1.807) is 0 Å². The maximum absolute atomic E-state index is 7.77. The first-order valence-corrected chi connectivity index (χ1v) is 56.7. The molecule has 2 saturated heterocycles. The van der Waals surface area contributed by atoms with E-state index in [0.29, 0.717) is 32.2 Å². The molecule has 0 N–H and O–H groups in total. The van der Waals surface area contributed by atoms with Gasteiger partial charge in [-0.15, -0.1) is 0 Å². The van der Waals surface area contributed by atoms with Crippen molar-refractivity contribution in [1.29, 1.82) is 0 Å². The molecule has 0 unspecified atom stereocenters. The van der Waals surface area contributed by atoms with Gasteiger partial charge in [-0.05, 0) is 193 Å². The van der Waals surface area contributed by atoms with E-state index < -0.39 is 33.7 Å². The van der Waals surface area contributed by atoms with E-state index >= 15 is 0 Å². The first-order valence-electron chi connectivity index (χ1n) is 52.3. The second kappa shape index (κ2) is 38.6. The van der Waals surface area contributed by atoms with Crippen LogP contribution in [0.4, 0.5) is 0 Å². The Labute approximate surface area is 858 Å². The molecule has 0 atom stereocenters. The summed E-state index contributed by atoms with van der Waals surface area (Å²) >= 11 is 0. The van der Waals surface area contributed by atoms with Crippen molar-refractivity contribution < 1.29 is 53.0 Å². The molecule has 1 aliphatic carbocycles. The molecule has 0 bridgehead atoms. The Balaban J connectivity index is 0.000000252. The van der Waals surface area contributed by atoms with Gasteiger partial charge >= 0.3 is 33.7 Å². The van der Waals surface area contributed by atoms with Crippen LogP contribution in [0.5, 0.6) is 23.0 Å². The molecule has 8 aromatic carbocycles. The van der Waals surface area contributed by atoms with Crippen molar-refractivity contribution >= 4 is 77.6 Å². The summed E-state index contributed by atoms with van der Waals surface area (Å²) in [4.78, 5) is 0. The van der Waals surface area contributed by atoms with Gasteiger partial charge in [-0.2, -0.15) is 0 Å². The molecule has 13 rings (SSSR count). The summed E-state index contributed by atoms with van der Waals surface area (Å²) in [5.74, 6) is 2.97. The van der Waals surface area contributed by atoms with Gasteiger partial charge in [0.15, 0.2) is 0 Å². The second-order valence-electron chi connectivity index (χ2n) is 59.1. The Hall–Kier alpha value is -6.54. The summed E-state index contributed by atoms with van der Waals surface area (Å²) in [6.45, 7) is 116. The Bertz CT molecular complexity index is 6190. The maximum atomic E-state index is 7.77. The molecule has 2 aromatic heterocycles. The summed E-state index contributed by atoms with van der Waals surface area (Å²) < 4.78 is 86.3. The summed E-state index contributed by atoms with van der Waals surface area (Å²) in [6.07, 6.45) is 6.00. The first kappa shape index (κ1) is 113. The second-order valence-corrected chi connectivity index (χ2v) is 63.4. The predicted molar refractivity (Wildman–Crippen MR) is 606 cm³/mol. The van der Waals surface area contributed by atoms with Gasteiger partial charge in [0.25, 0.3) is 0 Å². The van der Waals surface area contributed by atoms with Crippen molar-refractivity contribution in [2.75, 3.05) is 26.4 Å². The third-order valence-corrected chi connectivity index (χ3v) is 32.6. The molecule has 4 heterocycles. The zero-order valence-corrected chi connectivity index (χ0v) is 101. The van der Waals surface area contributed by atoms with Crippen LogP contribution in [-0.4, -0.2) is 26.4 Å². The van der Waals surface area contributed by atoms with Crippen LogP contribution in [-0.2, 0) is 105 Å². The molecule has 1 saturated carbocycles. The lowest BCUT2D eigenvalue weighted by atomic mass is 9.75. The normalized spacial score (nSPS) is 16.6. The third-order valence-electron chi connectivity index (χ3n) is 28.6. The molecule has 2 aliphatic heterocycles. The zero-order chi connectivity index (χ0) is 106. The average molecular weight is 2000 g/mol. The number of hydrogen-bond acceptors (Lipinski definition) is 12. The van der Waals surface area contributed by atoms with Crippen molar-refractivity contribution in [1.82, 2.24) is 0 Å². The molecular formula is C125H184O12P4. The minimum atomic E-state index is -2.14. The smallest absolute Gasteiger partial charge is 0.426 e. The fourth-order valence-corrected chi connectivity index (χ4v) is 23.8. The fraction of sp³-hybridized carbons (Fsp3) is 0.616.